The Hall–Kier alpha value is -0.870. The summed E-state index contributed by atoms with van der Waals surface area (Å²) in [7, 11) is 0. The van der Waals surface area contributed by atoms with Crippen LogP contribution >= 0.6 is 0 Å². The number of piperidine rings is 1. The predicted molar refractivity (Wildman–Crippen MR) is 67.6 cm³/mol. The van der Waals surface area contributed by atoms with Gasteiger partial charge in [0, 0.05) is 43.4 Å². The maximum absolute atomic E-state index is 9.43. The first-order chi connectivity index (χ1) is 8.15. The second-order valence-corrected chi connectivity index (χ2v) is 5.49. The second-order valence-electron chi connectivity index (χ2n) is 5.49. The lowest BCUT2D eigenvalue weighted by Gasteiger charge is -2.39. The number of likely N-dealkylation sites (tertiary alicyclic amines) is 1. The zero-order valence-electron chi connectivity index (χ0n) is 10.9. The van der Waals surface area contributed by atoms with Crippen molar-refractivity contribution in [3.8, 4) is 0 Å². The molecule has 0 saturated carbocycles. The van der Waals surface area contributed by atoms with Crippen LogP contribution in [0.1, 0.15) is 32.3 Å². The molecule has 0 bridgehead atoms. The van der Waals surface area contributed by atoms with Crippen LogP contribution in [-0.4, -0.2) is 39.5 Å². The van der Waals surface area contributed by atoms with Gasteiger partial charge in [0.1, 0.15) is 0 Å². The van der Waals surface area contributed by atoms with Crippen LogP contribution in [0.5, 0.6) is 0 Å². The summed E-state index contributed by atoms with van der Waals surface area (Å²) in [5.74, 6) is 0. The van der Waals surface area contributed by atoms with Crippen LogP contribution in [0.15, 0.2) is 12.4 Å². The summed E-state index contributed by atoms with van der Waals surface area (Å²) in [4.78, 5) is 2.43. The monoisotopic (exact) mass is 237 g/mol. The molecule has 4 nitrogen and oxygen atoms in total. The van der Waals surface area contributed by atoms with Gasteiger partial charge in [-0.2, -0.15) is 5.10 Å². The van der Waals surface area contributed by atoms with E-state index in [0.717, 1.165) is 32.6 Å². The summed E-state index contributed by atoms with van der Waals surface area (Å²) >= 11 is 0. The van der Waals surface area contributed by atoms with Crippen molar-refractivity contribution < 1.29 is 5.11 Å². The van der Waals surface area contributed by atoms with E-state index in [-0.39, 0.29) is 12.0 Å². The van der Waals surface area contributed by atoms with Gasteiger partial charge in [0.05, 0.1) is 6.20 Å². The minimum Gasteiger partial charge on any atom is -0.396 e. The van der Waals surface area contributed by atoms with E-state index >= 15 is 0 Å². The van der Waals surface area contributed by atoms with Gasteiger partial charge in [0.25, 0.3) is 0 Å². The standard InChI is InChI=1S/C13H23N3O/c1-3-16-9-12(7-14-16)8-15-6-4-5-13(2,10-15)11-17/h7,9,17H,3-6,8,10-11H2,1-2H3. The van der Waals surface area contributed by atoms with E-state index in [9.17, 15) is 5.11 Å². The summed E-state index contributed by atoms with van der Waals surface area (Å²) in [5, 5.41) is 13.7. The molecule has 1 saturated heterocycles. The maximum Gasteiger partial charge on any atom is 0.0534 e. The van der Waals surface area contributed by atoms with Gasteiger partial charge >= 0.3 is 0 Å². The minimum absolute atomic E-state index is 0.0823. The Kier molecular flexibility index (Phi) is 3.84. The number of hydrogen-bond donors (Lipinski definition) is 1. The smallest absolute Gasteiger partial charge is 0.0534 e. The van der Waals surface area contributed by atoms with Gasteiger partial charge in [-0.05, 0) is 26.3 Å². The van der Waals surface area contributed by atoms with Crippen molar-refractivity contribution in [2.45, 2.75) is 39.8 Å². The van der Waals surface area contributed by atoms with Gasteiger partial charge in [0.2, 0.25) is 0 Å². The Morgan fingerprint density at radius 2 is 2.35 bits per heavy atom. The van der Waals surface area contributed by atoms with Crippen LogP contribution in [-0.2, 0) is 13.1 Å². The van der Waals surface area contributed by atoms with Crippen molar-refractivity contribution in [1.82, 2.24) is 14.7 Å². The molecule has 0 aromatic carbocycles. The number of nitrogens with zero attached hydrogens (tertiary/aromatic N) is 3. The van der Waals surface area contributed by atoms with Gasteiger partial charge < -0.3 is 5.11 Å². The molecule has 0 radical (unpaired) electrons. The quantitative estimate of drug-likeness (QED) is 0.863. The van der Waals surface area contributed by atoms with Crippen molar-refractivity contribution in [3.05, 3.63) is 18.0 Å². The Balaban J connectivity index is 1.94. The van der Waals surface area contributed by atoms with Crippen molar-refractivity contribution in [1.29, 1.82) is 0 Å². The average molecular weight is 237 g/mol. The molecule has 1 atom stereocenters. The Labute approximate surface area is 103 Å². The first-order valence-electron chi connectivity index (χ1n) is 6.50. The van der Waals surface area contributed by atoms with Crippen LogP contribution in [0.4, 0.5) is 0 Å². The Morgan fingerprint density at radius 3 is 3.00 bits per heavy atom. The molecular weight excluding hydrogens is 214 g/mol. The lowest BCUT2D eigenvalue weighted by Crippen LogP contribution is -2.43. The van der Waals surface area contributed by atoms with E-state index in [1.165, 1.54) is 12.0 Å². The topological polar surface area (TPSA) is 41.3 Å². The molecule has 1 aromatic heterocycles. The van der Waals surface area contributed by atoms with E-state index in [2.05, 4.69) is 30.0 Å². The van der Waals surface area contributed by atoms with E-state index in [4.69, 9.17) is 0 Å². The van der Waals surface area contributed by atoms with Crippen LogP contribution in [0.3, 0.4) is 0 Å². The number of aliphatic hydroxyl groups excluding tert-OH is 1. The molecule has 1 aromatic rings. The maximum atomic E-state index is 9.43. The molecule has 1 fully saturated rings. The van der Waals surface area contributed by atoms with Crippen molar-refractivity contribution in [2.75, 3.05) is 19.7 Å². The second kappa shape index (κ2) is 5.19. The Bertz CT molecular complexity index is 363. The number of rotatable bonds is 4. The molecule has 2 rings (SSSR count). The molecule has 1 aliphatic heterocycles. The zero-order chi connectivity index (χ0) is 12.3. The molecule has 0 aliphatic carbocycles. The predicted octanol–water partition coefficient (Wildman–Crippen LogP) is 1.50. The normalized spacial score (nSPS) is 26.3. The SMILES string of the molecule is CCn1cc(CN2CCCC(C)(CO)C2)cn1. The van der Waals surface area contributed by atoms with E-state index < -0.39 is 0 Å². The molecule has 1 aliphatic rings. The van der Waals surface area contributed by atoms with Crippen molar-refractivity contribution in [3.63, 3.8) is 0 Å². The third-order valence-corrected chi connectivity index (χ3v) is 3.66. The largest absolute Gasteiger partial charge is 0.396 e. The lowest BCUT2D eigenvalue weighted by molar-refractivity contribution is 0.0429. The summed E-state index contributed by atoms with van der Waals surface area (Å²) in [6.45, 7) is 8.56. The molecule has 17 heavy (non-hydrogen) atoms. The summed E-state index contributed by atoms with van der Waals surface area (Å²) < 4.78 is 1.96. The fourth-order valence-electron chi connectivity index (χ4n) is 2.61. The lowest BCUT2D eigenvalue weighted by atomic mass is 9.83. The third-order valence-electron chi connectivity index (χ3n) is 3.66. The number of aryl methyl sites for hydroxylation is 1. The molecule has 0 spiro atoms. The van der Waals surface area contributed by atoms with Gasteiger partial charge in [-0.25, -0.2) is 0 Å². The zero-order valence-corrected chi connectivity index (χ0v) is 10.9. The molecule has 2 heterocycles. The number of hydrogen-bond acceptors (Lipinski definition) is 3. The fraction of sp³-hybridized carbons (Fsp3) is 0.769. The summed E-state index contributed by atoms with van der Waals surface area (Å²) in [6, 6.07) is 0. The van der Waals surface area contributed by atoms with Gasteiger partial charge in [0.15, 0.2) is 0 Å². The number of aliphatic hydroxyl groups is 1. The molecule has 1 unspecified atom stereocenters. The fourth-order valence-corrected chi connectivity index (χ4v) is 2.61. The highest BCUT2D eigenvalue weighted by molar-refractivity contribution is 5.04. The van der Waals surface area contributed by atoms with E-state index in [1.54, 1.807) is 0 Å². The molecule has 4 heteroatoms. The van der Waals surface area contributed by atoms with E-state index in [0.29, 0.717) is 0 Å². The highest BCUT2D eigenvalue weighted by atomic mass is 16.3. The van der Waals surface area contributed by atoms with Crippen LogP contribution < -0.4 is 0 Å². The molecule has 0 amide bonds. The van der Waals surface area contributed by atoms with Gasteiger partial charge in [-0.3, -0.25) is 9.58 Å². The third kappa shape index (κ3) is 3.07. The van der Waals surface area contributed by atoms with Crippen LogP contribution in [0.2, 0.25) is 0 Å². The highest BCUT2D eigenvalue weighted by Crippen LogP contribution is 2.29. The minimum atomic E-state index is 0.0823. The van der Waals surface area contributed by atoms with E-state index in [1.807, 2.05) is 10.9 Å². The molecule has 1 N–H and O–H groups in total. The summed E-state index contributed by atoms with van der Waals surface area (Å²) in [6.07, 6.45) is 6.38. The molecule has 96 valence electrons. The first kappa shape index (κ1) is 12.6. The van der Waals surface area contributed by atoms with Crippen LogP contribution in [0.25, 0.3) is 0 Å². The van der Waals surface area contributed by atoms with Crippen LogP contribution in [0, 0.1) is 5.41 Å². The number of aromatic nitrogens is 2. The van der Waals surface area contributed by atoms with Crippen molar-refractivity contribution in [2.24, 2.45) is 5.41 Å². The summed E-state index contributed by atoms with van der Waals surface area (Å²) in [5.41, 5.74) is 1.35. The highest BCUT2D eigenvalue weighted by Gasteiger charge is 2.30. The average Bonchev–Trinajstić information content (AvgIpc) is 2.77. The van der Waals surface area contributed by atoms with Gasteiger partial charge in [-0.1, -0.05) is 6.92 Å². The molecular formula is C13H23N3O. The Morgan fingerprint density at radius 1 is 1.53 bits per heavy atom. The first-order valence-corrected chi connectivity index (χ1v) is 6.50. The van der Waals surface area contributed by atoms with Gasteiger partial charge in [-0.15, -0.1) is 0 Å². The van der Waals surface area contributed by atoms with Crippen molar-refractivity contribution >= 4 is 0 Å².